The average molecular weight is 681 g/mol. The summed E-state index contributed by atoms with van der Waals surface area (Å²) in [5.74, 6) is -9.74. The highest BCUT2D eigenvalue weighted by molar-refractivity contribution is 5.87. The third-order valence-corrected chi connectivity index (χ3v) is 5.35. The average Bonchev–Trinajstić information content (AvgIpc) is 2.98. The molecule has 0 radical (unpaired) electrons. The minimum absolute atomic E-state index is 0.205. The molecule has 0 aromatic heterocycles. The number of esters is 9. The predicted octanol–water partition coefficient (Wildman–Crippen LogP) is -1.00. The molecule has 1 N–H and O–H groups in total. The Morgan fingerprint density at radius 1 is 0.383 bits per heavy atom. The maximum absolute atomic E-state index is 12.3. The molecule has 0 saturated carbocycles. The molecule has 0 aliphatic heterocycles. The van der Waals surface area contributed by atoms with E-state index in [0.29, 0.717) is 0 Å². The van der Waals surface area contributed by atoms with Crippen LogP contribution in [-0.4, -0.2) is 121 Å². The molecule has 0 rings (SSSR count). The van der Waals surface area contributed by atoms with Crippen molar-refractivity contribution < 1.29 is 90.9 Å². The highest BCUT2D eigenvalue weighted by Crippen LogP contribution is 2.09. The summed E-state index contributed by atoms with van der Waals surface area (Å²) >= 11 is 0. The fraction of sp³-hybridized carbons (Fsp3) is 0.679. The minimum atomic E-state index is -1.62. The first kappa shape index (κ1) is 42.2. The first-order valence-electron chi connectivity index (χ1n) is 14.1. The van der Waals surface area contributed by atoms with Gasteiger partial charge in [-0.05, 0) is 55.4 Å². The van der Waals surface area contributed by atoms with Gasteiger partial charge in [-0.25, -0.2) is 38.4 Å². The fourth-order valence-corrected chi connectivity index (χ4v) is 2.67. The quantitative estimate of drug-likeness (QED) is 0.103. The number of ether oxygens (including phenoxy) is 9. The summed E-state index contributed by atoms with van der Waals surface area (Å²) in [6.45, 7) is 9.60. The van der Waals surface area contributed by atoms with Crippen molar-refractivity contribution in [2.24, 2.45) is 0 Å². The van der Waals surface area contributed by atoms with Crippen molar-refractivity contribution in [1.82, 2.24) is 0 Å². The predicted molar refractivity (Wildman–Crippen MR) is 148 cm³/mol. The summed E-state index contributed by atoms with van der Waals surface area (Å²) in [5, 5.41) is 9.13. The molecule has 0 spiro atoms. The van der Waals surface area contributed by atoms with Crippen molar-refractivity contribution in [3.05, 3.63) is 0 Å². The van der Waals surface area contributed by atoms with E-state index in [9.17, 15) is 43.2 Å². The van der Waals surface area contributed by atoms with Crippen LogP contribution >= 0.6 is 0 Å². The number of aliphatic hydroxyl groups excluding tert-OH is 1. The van der Waals surface area contributed by atoms with Crippen molar-refractivity contribution >= 4 is 53.7 Å². The molecule has 266 valence electrons. The Kier molecular flexibility index (Phi) is 18.3. The van der Waals surface area contributed by atoms with Crippen LogP contribution < -0.4 is 0 Å². The zero-order chi connectivity index (χ0) is 36.6. The molecule has 0 fully saturated rings. The van der Waals surface area contributed by atoms with Gasteiger partial charge in [0.15, 0.2) is 42.7 Å². The van der Waals surface area contributed by atoms with Crippen LogP contribution in [0.25, 0.3) is 0 Å². The number of aliphatic hydroxyl groups is 1. The molecule has 8 atom stereocenters. The van der Waals surface area contributed by atoms with Crippen LogP contribution in [0.1, 0.15) is 62.3 Å². The van der Waals surface area contributed by atoms with Gasteiger partial charge in [0, 0.05) is 6.92 Å². The highest BCUT2D eigenvalue weighted by Gasteiger charge is 2.33. The first-order valence-corrected chi connectivity index (χ1v) is 14.1. The Morgan fingerprint density at radius 2 is 0.596 bits per heavy atom. The lowest BCUT2D eigenvalue weighted by atomic mass is 10.3. The zero-order valence-electron chi connectivity index (χ0n) is 27.3. The van der Waals surface area contributed by atoms with E-state index >= 15 is 0 Å². The molecule has 19 heteroatoms. The van der Waals surface area contributed by atoms with Crippen LogP contribution in [0.15, 0.2) is 0 Å². The monoisotopic (exact) mass is 680 g/mol. The van der Waals surface area contributed by atoms with E-state index in [0.717, 1.165) is 55.4 Å². The van der Waals surface area contributed by atoms with Gasteiger partial charge in [0.1, 0.15) is 19.3 Å². The molecular formula is C28H40O19. The van der Waals surface area contributed by atoms with E-state index in [1.165, 1.54) is 6.92 Å². The highest BCUT2D eigenvalue weighted by atomic mass is 16.7. The van der Waals surface area contributed by atoms with Crippen LogP contribution in [0.5, 0.6) is 0 Å². The van der Waals surface area contributed by atoms with E-state index in [1.807, 2.05) is 0 Å². The second-order valence-electron chi connectivity index (χ2n) is 9.74. The number of hydrogen-bond acceptors (Lipinski definition) is 19. The topological polar surface area (TPSA) is 257 Å². The Bertz CT molecular complexity index is 1160. The Morgan fingerprint density at radius 3 is 0.830 bits per heavy atom. The maximum Gasteiger partial charge on any atom is 0.347 e. The molecule has 0 bridgehead atoms. The van der Waals surface area contributed by atoms with E-state index in [2.05, 4.69) is 9.47 Å². The van der Waals surface area contributed by atoms with E-state index < -0.39 is 103 Å². The van der Waals surface area contributed by atoms with Crippen LogP contribution in [0.3, 0.4) is 0 Å². The number of carbonyl (C=O) groups is 9. The molecule has 47 heavy (non-hydrogen) atoms. The smallest absolute Gasteiger partial charge is 0.347 e. The second-order valence-corrected chi connectivity index (χ2v) is 9.74. The lowest BCUT2D eigenvalue weighted by Crippen LogP contribution is -2.39. The van der Waals surface area contributed by atoms with Gasteiger partial charge in [0.2, 0.25) is 0 Å². The van der Waals surface area contributed by atoms with E-state index in [4.69, 9.17) is 38.3 Å². The van der Waals surface area contributed by atoms with Gasteiger partial charge in [-0.15, -0.1) is 0 Å². The van der Waals surface area contributed by atoms with Crippen LogP contribution in [0, 0.1) is 0 Å². The molecular weight excluding hydrogens is 640 g/mol. The van der Waals surface area contributed by atoms with Crippen molar-refractivity contribution in [3.63, 3.8) is 0 Å². The van der Waals surface area contributed by atoms with Gasteiger partial charge in [0.25, 0.3) is 0 Å². The second kappa shape index (κ2) is 20.3. The van der Waals surface area contributed by atoms with Crippen molar-refractivity contribution in [3.8, 4) is 0 Å². The van der Waals surface area contributed by atoms with Crippen molar-refractivity contribution in [2.75, 3.05) is 13.2 Å². The molecule has 0 amide bonds. The van der Waals surface area contributed by atoms with E-state index in [-0.39, 0.29) is 13.2 Å². The van der Waals surface area contributed by atoms with Crippen molar-refractivity contribution in [2.45, 2.75) is 111 Å². The fourth-order valence-electron chi connectivity index (χ4n) is 2.67. The largest absolute Gasteiger partial charge is 0.462 e. The van der Waals surface area contributed by atoms with Gasteiger partial charge in [-0.2, -0.15) is 0 Å². The van der Waals surface area contributed by atoms with Gasteiger partial charge in [-0.1, -0.05) is 0 Å². The van der Waals surface area contributed by atoms with E-state index in [1.54, 1.807) is 0 Å². The Labute approximate surface area is 269 Å². The minimum Gasteiger partial charge on any atom is -0.462 e. The maximum atomic E-state index is 12.3. The van der Waals surface area contributed by atoms with Gasteiger partial charge < -0.3 is 47.7 Å². The summed E-state index contributed by atoms with van der Waals surface area (Å²) in [6, 6.07) is 0. The first-order chi connectivity index (χ1) is 21.7. The number of carbonyl (C=O) groups excluding carboxylic acids is 9. The molecule has 0 aliphatic carbocycles. The van der Waals surface area contributed by atoms with Crippen LogP contribution in [0.2, 0.25) is 0 Å². The standard InChI is InChI=1S/C28H40O19/c1-12(29)21(31)41-14(3)23(33)43-16(5)25(35)45-18(7)27(37)47-19(8)28(38)46-17(6)26(36)44-15(4)24(34)42-13(2)22(32)40-11-10-39-20(9)30/h12-19,29H,10-11H2,1-9H3. The third kappa shape index (κ3) is 16.4. The normalized spacial score (nSPS) is 15.7. The molecule has 0 heterocycles. The molecule has 0 aromatic rings. The molecule has 8 unspecified atom stereocenters. The lowest BCUT2D eigenvalue weighted by molar-refractivity contribution is -0.189. The summed E-state index contributed by atoms with van der Waals surface area (Å²) in [4.78, 5) is 107. The Hall–Kier alpha value is -4.81. The molecule has 0 saturated heterocycles. The number of hydrogen-bond donors (Lipinski definition) is 1. The number of rotatable bonds is 18. The summed E-state index contributed by atoms with van der Waals surface area (Å²) in [7, 11) is 0. The zero-order valence-corrected chi connectivity index (χ0v) is 27.3. The van der Waals surface area contributed by atoms with Gasteiger partial charge in [-0.3, -0.25) is 4.79 Å². The summed E-state index contributed by atoms with van der Waals surface area (Å²) in [5.41, 5.74) is 0. The Balaban J connectivity index is 4.74. The molecule has 19 nitrogen and oxygen atoms in total. The molecule has 0 aliphatic rings. The molecule has 0 aromatic carbocycles. The SMILES string of the molecule is CC(=O)OCCOC(=O)C(C)OC(=O)C(C)OC(=O)C(C)OC(=O)C(C)OC(=O)C(C)OC(=O)C(C)OC(=O)C(C)OC(=O)C(C)O. The van der Waals surface area contributed by atoms with Crippen LogP contribution in [-0.2, 0) is 85.8 Å². The third-order valence-electron chi connectivity index (χ3n) is 5.35. The summed E-state index contributed by atoms with van der Waals surface area (Å²) < 4.78 is 43.2. The summed E-state index contributed by atoms with van der Waals surface area (Å²) in [6.07, 6.45) is -12.3. The van der Waals surface area contributed by atoms with Gasteiger partial charge >= 0.3 is 53.7 Å². The van der Waals surface area contributed by atoms with Crippen molar-refractivity contribution in [1.29, 1.82) is 0 Å². The van der Waals surface area contributed by atoms with Crippen LogP contribution in [0.4, 0.5) is 0 Å². The lowest BCUT2D eigenvalue weighted by Gasteiger charge is -2.21. The van der Waals surface area contributed by atoms with Gasteiger partial charge in [0.05, 0.1) is 0 Å².